The first-order valence-electron chi connectivity index (χ1n) is 6.50. The standard InChI is InChI=1S/C14H21N5O/c1-14(2,19(3)4)8-16-13-17-11-6-5-9(15)7-10(11)12(20)18-13/h5-7H,8,15H2,1-4H3,(H2,16,17,18,20). The summed E-state index contributed by atoms with van der Waals surface area (Å²) >= 11 is 0. The van der Waals surface area contributed by atoms with E-state index in [2.05, 4.69) is 34.0 Å². The van der Waals surface area contributed by atoms with Crippen molar-refractivity contribution in [1.29, 1.82) is 0 Å². The number of anilines is 2. The summed E-state index contributed by atoms with van der Waals surface area (Å²) in [6, 6.07) is 5.12. The molecule has 108 valence electrons. The number of aromatic nitrogens is 2. The molecule has 2 rings (SSSR count). The van der Waals surface area contributed by atoms with E-state index in [-0.39, 0.29) is 11.1 Å². The minimum absolute atomic E-state index is 0.0470. The van der Waals surface area contributed by atoms with E-state index < -0.39 is 0 Å². The lowest BCUT2D eigenvalue weighted by atomic mass is 10.1. The fraction of sp³-hybridized carbons (Fsp3) is 0.429. The fourth-order valence-electron chi connectivity index (χ4n) is 1.70. The van der Waals surface area contributed by atoms with Crippen LogP contribution in [0.5, 0.6) is 0 Å². The summed E-state index contributed by atoms with van der Waals surface area (Å²) in [6.07, 6.45) is 0. The maximum absolute atomic E-state index is 12.0. The molecule has 0 bridgehead atoms. The van der Waals surface area contributed by atoms with Crippen LogP contribution in [-0.2, 0) is 0 Å². The predicted molar refractivity (Wildman–Crippen MR) is 83.0 cm³/mol. The predicted octanol–water partition coefficient (Wildman–Crippen LogP) is 1.26. The molecule has 0 fully saturated rings. The van der Waals surface area contributed by atoms with Gasteiger partial charge in [-0.25, -0.2) is 4.98 Å². The van der Waals surface area contributed by atoms with Crippen LogP contribution in [0.3, 0.4) is 0 Å². The molecule has 6 heteroatoms. The van der Waals surface area contributed by atoms with E-state index in [0.717, 1.165) is 0 Å². The van der Waals surface area contributed by atoms with E-state index in [1.54, 1.807) is 18.2 Å². The number of nitrogens with two attached hydrogens (primary N) is 1. The van der Waals surface area contributed by atoms with Crippen LogP contribution in [0.1, 0.15) is 13.8 Å². The van der Waals surface area contributed by atoms with Crippen molar-refractivity contribution in [2.75, 3.05) is 31.7 Å². The molecule has 0 unspecified atom stereocenters. The number of nitrogen functional groups attached to an aromatic ring is 1. The summed E-state index contributed by atoms with van der Waals surface area (Å²) in [4.78, 5) is 21.3. The highest BCUT2D eigenvalue weighted by Crippen LogP contribution is 2.14. The smallest absolute Gasteiger partial charge is 0.260 e. The Kier molecular flexibility index (Phi) is 3.67. The molecule has 0 saturated carbocycles. The summed E-state index contributed by atoms with van der Waals surface area (Å²) in [5, 5.41) is 3.68. The lowest BCUT2D eigenvalue weighted by Gasteiger charge is -2.32. The van der Waals surface area contributed by atoms with Crippen molar-refractivity contribution in [2.45, 2.75) is 19.4 Å². The van der Waals surface area contributed by atoms with Gasteiger partial charge in [0, 0.05) is 17.8 Å². The SMILES string of the molecule is CN(C)C(C)(C)CNc1nc2ccc(N)cc2c(=O)[nH]1. The highest BCUT2D eigenvalue weighted by Gasteiger charge is 2.20. The summed E-state index contributed by atoms with van der Waals surface area (Å²) in [6.45, 7) is 4.89. The number of rotatable bonds is 4. The molecule has 0 aliphatic rings. The molecule has 0 spiro atoms. The molecule has 0 saturated heterocycles. The molecule has 2 aromatic rings. The zero-order valence-corrected chi connectivity index (χ0v) is 12.3. The van der Waals surface area contributed by atoms with Gasteiger partial charge in [0.25, 0.3) is 5.56 Å². The fourth-order valence-corrected chi connectivity index (χ4v) is 1.70. The van der Waals surface area contributed by atoms with Crippen LogP contribution >= 0.6 is 0 Å². The molecular formula is C14H21N5O. The largest absolute Gasteiger partial charge is 0.399 e. The maximum atomic E-state index is 12.0. The van der Waals surface area contributed by atoms with Gasteiger partial charge in [-0.2, -0.15) is 0 Å². The van der Waals surface area contributed by atoms with E-state index in [1.165, 1.54) is 0 Å². The molecule has 0 amide bonds. The number of aromatic amines is 1. The molecule has 1 aromatic heterocycles. The number of H-pyrrole nitrogens is 1. The Morgan fingerprint density at radius 3 is 2.75 bits per heavy atom. The third-order valence-electron chi connectivity index (χ3n) is 3.63. The van der Waals surface area contributed by atoms with E-state index >= 15 is 0 Å². The van der Waals surface area contributed by atoms with Crippen LogP contribution in [0.2, 0.25) is 0 Å². The van der Waals surface area contributed by atoms with Crippen LogP contribution < -0.4 is 16.6 Å². The normalized spacial score (nSPS) is 12.1. The molecule has 0 aliphatic heterocycles. The van der Waals surface area contributed by atoms with Crippen LogP contribution in [0, 0.1) is 0 Å². The highest BCUT2D eigenvalue weighted by atomic mass is 16.1. The van der Waals surface area contributed by atoms with Gasteiger partial charge < -0.3 is 16.0 Å². The van der Waals surface area contributed by atoms with Crippen molar-refractivity contribution in [1.82, 2.24) is 14.9 Å². The van der Waals surface area contributed by atoms with Crippen LogP contribution in [-0.4, -0.2) is 41.0 Å². The molecule has 0 radical (unpaired) electrons. The van der Waals surface area contributed by atoms with E-state index in [0.29, 0.717) is 29.1 Å². The van der Waals surface area contributed by atoms with E-state index in [1.807, 2.05) is 14.1 Å². The highest BCUT2D eigenvalue weighted by molar-refractivity contribution is 5.81. The quantitative estimate of drug-likeness (QED) is 0.731. The second kappa shape index (κ2) is 5.13. The Balaban J connectivity index is 2.29. The minimum Gasteiger partial charge on any atom is -0.399 e. The molecule has 4 N–H and O–H groups in total. The van der Waals surface area contributed by atoms with Gasteiger partial charge in [0.15, 0.2) is 0 Å². The van der Waals surface area contributed by atoms with Gasteiger partial charge in [0.05, 0.1) is 10.9 Å². The average Bonchev–Trinajstić information content (AvgIpc) is 2.37. The Bertz CT molecular complexity index is 675. The molecule has 20 heavy (non-hydrogen) atoms. The van der Waals surface area contributed by atoms with Crippen LogP contribution in [0.25, 0.3) is 10.9 Å². The van der Waals surface area contributed by atoms with Crippen molar-refractivity contribution in [3.63, 3.8) is 0 Å². The Labute approximate surface area is 118 Å². The number of benzene rings is 1. The Morgan fingerprint density at radius 2 is 2.10 bits per heavy atom. The third kappa shape index (κ3) is 2.91. The van der Waals surface area contributed by atoms with Gasteiger partial charge in [-0.05, 0) is 46.1 Å². The average molecular weight is 275 g/mol. The maximum Gasteiger partial charge on any atom is 0.260 e. The second-order valence-electron chi connectivity index (χ2n) is 5.75. The lowest BCUT2D eigenvalue weighted by Crippen LogP contribution is -2.44. The zero-order chi connectivity index (χ0) is 14.9. The third-order valence-corrected chi connectivity index (χ3v) is 3.63. The summed E-state index contributed by atoms with van der Waals surface area (Å²) in [5.74, 6) is 0.474. The molecular weight excluding hydrogens is 254 g/mol. The summed E-state index contributed by atoms with van der Waals surface area (Å²) < 4.78 is 0. The van der Waals surface area contributed by atoms with Crippen molar-refractivity contribution in [2.24, 2.45) is 0 Å². The number of likely N-dealkylation sites (N-methyl/N-ethyl adjacent to an activating group) is 1. The number of hydrogen-bond donors (Lipinski definition) is 3. The first kappa shape index (κ1) is 14.3. The Morgan fingerprint density at radius 1 is 1.40 bits per heavy atom. The zero-order valence-electron chi connectivity index (χ0n) is 12.3. The molecule has 1 heterocycles. The summed E-state index contributed by atoms with van der Waals surface area (Å²) in [5.41, 5.74) is 6.63. The number of hydrogen-bond acceptors (Lipinski definition) is 5. The molecule has 0 aliphatic carbocycles. The van der Waals surface area contributed by atoms with E-state index in [4.69, 9.17) is 5.73 Å². The lowest BCUT2D eigenvalue weighted by molar-refractivity contribution is 0.209. The van der Waals surface area contributed by atoms with Gasteiger partial charge in [0.1, 0.15) is 0 Å². The second-order valence-corrected chi connectivity index (χ2v) is 5.75. The van der Waals surface area contributed by atoms with Gasteiger partial charge in [-0.3, -0.25) is 9.78 Å². The van der Waals surface area contributed by atoms with Gasteiger partial charge in [0.2, 0.25) is 5.95 Å². The van der Waals surface area contributed by atoms with Crippen molar-refractivity contribution in [3.8, 4) is 0 Å². The first-order valence-corrected chi connectivity index (χ1v) is 6.50. The van der Waals surface area contributed by atoms with Crippen LogP contribution in [0.4, 0.5) is 11.6 Å². The molecule has 6 nitrogen and oxygen atoms in total. The molecule has 1 aromatic carbocycles. The first-order chi connectivity index (χ1) is 9.29. The number of nitrogens with one attached hydrogen (secondary N) is 2. The van der Waals surface area contributed by atoms with Crippen molar-refractivity contribution >= 4 is 22.5 Å². The van der Waals surface area contributed by atoms with Gasteiger partial charge in [-0.1, -0.05) is 0 Å². The topological polar surface area (TPSA) is 87.0 Å². The van der Waals surface area contributed by atoms with Gasteiger partial charge in [-0.15, -0.1) is 0 Å². The number of fused-ring (bicyclic) bond motifs is 1. The number of nitrogens with zero attached hydrogens (tertiary/aromatic N) is 2. The van der Waals surface area contributed by atoms with Crippen molar-refractivity contribution in [3.05, 3.63) is 28.6 Å². The minimum atomic E-state index is -0.188. The molecule has 0 atom stereocenters. The van der Waals surface area contributed by atoms with Crippen molar-refractivity contribution < 1.29 is 0 Å². The van der Waals surface area contributed by atoms with E-state index in [9.17, 15) is 4.79 Å². The monoisotopic (exact) mass is 275 g/mol. The summed E-state index contributed by atoms with van der Waals surface area (Å²) in [7, 11) is 4.03. The van der Waals surface area contributed by atoms with Crippen LogP contribution in [0.15, 0.2) is 23.0 Å². The van der Waals surface area contributed by atoms with Gasteiger partial charge >= 0.3 is 0 Å². The Hall–Kier alpha value is -2.08.